The van der Waals surface area contributed by atoms with Crippen molar-refractivity contribution >= 4 is 17.4 Å². The zero-order valence-corrected chi connectivity index (χ0v) is 22.6. The third-order valence-corrected chi connectivity index (χ3v) is 6.58. The van der Waals surface area contributed by atoms with Crippen molar-refractivity contribution in [1.29, 1.82) is 0 Å². The monoisotopic (exact) mass is 509 g/mol. The summed E-state index contributed by atoms with van der Waals surface area (Å²) < 4.78 is 11.9. The molecule has 1 aliphatic rings. The van der Waals surface area contributed by atoms with Crippen LogP contribution in [0.15, 0.2) is 48.3 Å². The molecule has 1 aromatic carbocycles. The van der Waals surface area contributed by atoms with E-state index in [1.54, 1.807) is 17.0 Å². The smallest absolute Gasteiger partial charge is 0.295 e. The zero-order valence-electron chi connectivity index (χ0n) is 22.6. The maximum absolute atomic E-state index is 13.3. The second-order valence-electron chi connectivity index (χ2n) is 9.43. The highest BCUT2D eigenvalue weighted by Crippen LogP contribution is 2.42. The number of benzene rings is 1. The Morgan fingerprint density at radius 2 is 1.76 bits per heavy atom. The van der Waals surface area contributed by atoms with Crippen LogP contribution in [0.5, 0.6) is 11.5 Å². The number of likely N-dealkylation sites (tertiary alicyclic amines) is 1. The molecule has 3 rings (SSSR count). The van der Waals surface area contributed by atoms with Gasteiger partial charge in [-0.2, -0.15) is 0 Å². The minimum Gasteiger partial charge on any atom is -0.507 e. The molecule has 200 valence electrons. The van der Waals surface area contributed by atoms with Gasteiger partial charge in [-0.15, -0.1) is 0 Å². The highest BCUT2D eigenvalue weighted by atomic mass is 16.5. The molecule has 0 radical (unpaired) electrons. The largest absolute Gasteiger partial charge is 0.507 e. The van der Waals surface area contributed by atoms with E-state index < -0.39 is 17.7 Å². The number of aliphatic hydroxyl groups excluding tert-OH is 1. The van der Waals surface area contributed by atoms with Crippen molar-refractivity contribution in [2.45, 2.75) is 47.1 Å². The van der Waals surface area contributed by atoms with E-state index in [4.69, 9.17) is 9.47 Å². The van der Waals surface area contributed by atoms with E-state index in [0.717, 1.165) is 19.5 Å². The Balaban J connectivity index is 2.08. The summed E-state index contributed by atoms with van der Waals surface area (Å²) in [6, 6.07) is 7.95. The number of rotatable bonds is 13. The molecule has 1 aromatic heterocycles. The molecule has 1 unspecified atom stereocenters. The number of carbonyl (C=O) groups excluding carboxylic acids is 2. The summed E-state index contributed by atoms with van der Waals surface area (Å²) in [5, 5.41) is 11.2. The molecular formula is C29H39N3O5. The van der Waals surface area contributed by atoms with Crippen molar-refractivity contribution in [2.24, 2.45) is 5.92 Å². The number of aliphatic hydroxyl groups is 1. The van der Waals surface area contributed by atoms with Crippen LogP contribution in [-0.2, 0) is 9.59 Å². The van der Waals surface area contributed by atoms with Gasteiger partial charge in [0.25, 0.3) is 11.7 Å². The second-order valence-corrected chi connectivity index (χ2v) is 9.43. The first-order valence-electron chi connectivity index (χ1n) is 13.1. The number of ketones is 1. The zero-order chi connectivity index (χ0) is 26.9. The average molecular weight is 510 g/mol. The summed E-state index contributed by atoms with van der Waals surface area (Å²) in [4.78, 5) is 34.3. The molecular weight excluding hydrogens is 470 g/mol. The van der Waals surface area contributed by atoms with Crippen LogP contribution in [0.4, 0.5) is 0 Å². The topological polar surface area (TPSA) is 92.2 Å². The van der Waals surface area contributed by atoms with Crippen molar-refractivity contribution in [3.05, 3.63) is 59.4 Å². The molecule has 1 N–H and O–H groups in total. The lowest BCUT2D eigenvalue weighted by Crippen LogP contribution is -2.38. The fourth-order valence-corrected chi connectivity index (χ4v) is 4.40. The first-order valence-corrected chi connectivity index (χ1v) is 13.1. The van der Waals surface area contributed by atoms with Gasteiger partial charge in [0.15, 0.2) is 11.5 Å². The molecule has 1 atom stereocenters. The molecule has 8 heteroatoms. The Morgan fingerprint density at radius 1 is 1.05 bits per heavy atom. The highest BCUT2D eigenvalue weighted by molar-refractivity contribution is 6.46. The van der Waals surface area contributed by atoms with Gasteiger partial charge in [0, 0.05) is 31.0 Å². The lowest BCUT2D eigenvalue weighted by atomic mass is 9.95. The Morgan fingerprint density at radius 3 is 2.38 bits per heavy atom. The quantitative estimate of drug-likeness (QED) is 0.238. The molecule has 0 spiro atoms. The standard InChI is InChI=1S/C29H39N3O5/c1-6-31(7-2)16-17-32-26(25(28(34)29(32)35)27(33)21-11-14-30-15-12-21)22-9-10-23(24(19-22)36-8-3)37-18-13-20(4)5/h9-12,14-15,19-20,26,33H,6-8,13,16-18H2,1-5H3/b27-25+. The Kier molecular flexibility index (Phi) is 10.1. The van der Waals surface area contributed by atoms with Gasteiger partial charge in [0.05, 0.1) is 24.8 Å². The van der Waals surface area contributed by atoms with E-state index >= 15 is 0 Å². The van der Waals surface area contributed by atoms with Gasteiger partial charge in [-0.25, -0.2) is 0 Å². The lowest BCUT2D eigenvalue weighted by molar-refractivity contribution is -0.140. The first-order chi connectivity index (χ1) is 17.8. The number of hydrogen-bond donors (Lipinski definition) is 1. The number of Topliss-reactive ketones (excluding diaryl/α,β-unsaturated/α-hetero) is 1. The molecule has 2 aromatic rings. The van der Waals surface area contributed by atoms with Gasteiger partial charge in [0.2, 0.25) is 0 Å². The average Bonchev–Trinajstić information content (AvgIpc) is 3.15. The van der Waals surface area contributed by atoms with E-state index in [1.807, 2.05) is 25.1 Å². The van der Waals surface area contributed by atoms with Gasteiger partial charge in [-0.3, -0.25) is 14.6 Å². The van der Waals surface area contributed by atoms with Crippen LogP contribution in [0.1, 0.15) is 58.2 Å². The molecule has 2 heterocycles. The first kappa shape index (κ1) is 28.2. The van der Waals surface area contributed by atoms with Gasteiger partial charge in [0.1, 0.15) is 5.76 Å². The predicted molar refractivity (Wildman–Crippen MR) is 144 cm³/mol. The van der Waals surface area contributed by atoms with E-state index in [2.05, 4.69) is 37.6 Å². The van der Waals surface area contributed by atoms with Crippen molar-refractivity contribution < 1.29 is 24.2 Å². The van der Waals surface area contributed by atoms with Crippen LogP contribution in [0.2, 0.25) is 0 Å². The third kappa shape index (κ3) is 6.68. The Bertz CT molecular complexity index is 1100. The summed E-state index contributed by atoms with van der Waals surface area (Å²) in [7, 11) is 0. The number of nitrogens with zero attached hydrogens (tertiary/aromatic N) is 3. The summed E-state index contributed by atoms with van der Waals surface area (Å²) in [5.74, 6) is 0.124. The van der Waals surface area contributed by atoms with Crippen LogP contribution in [-0.4, -0.2) is 71.0 Å². The molecule has 1 amide bonds. The van der Waals surface area contributed by atoms with Crippen LogP contribution in [0.25, 0.3) is 5.76 Å². The normalized spacial score (nSPS) is 17.2. The van der Waals surface area contributed by atoms with Crippen LogP contribution in [0.3, 0.4) is 0 Å². The molecule has 0 bridgehead atoms. The van der Waals surface area contributed by atoms with Crippen molar-refractivity contribution in [2.75, 3.05) is 39.4 Å². The number of pyridine rings is 1. The lowest BCUT2D eigenvalue weighted by Gasteiger charge is -2.28. The van der Waals surface area contributed by atoms with Gasteiger partial charge >= 0.3 is 0 Å². The fraction of sp³-hybridized carbons (Fsp3) is 0.483. The van der Waals surface area contributed by atoms with Crippen molar-refractivity contribution in [3.63, 3.8) is 0 Å². The van der Waals surface area contributed by atoms with Crippen molar-refractivity contribution in [3.8, 4) is 11.5 Å². The Hall–Kier alpha value is -3.39. The SMILES string of the molecule is CCOc1cc(C2/C(=C(\O)c3ccncc3)C(=O)C(=O)N2CCN(CC)CC)ccc1OCCC(C)C. The number of carbonyl (C=O) groups is 2. The van der Waals surface area contributed by atoms with E-state index in [-0.39, 0.29) is 11.3 Å². The second kappa shape index (κ2) is 13.2. The molecule has 0 aliphatic carbocycles. The van der Waals surface area contributed by atoms with Crippen LogP contribution in [0, 0.1) is 5.92 Å². The minimum atomic E-state index is -0.757. The predicted octanol–water partition coefficient (Wildman–Crippen LogP) is 4.67. The summed E-state index contributed by atoms with van der Waals surface area (Å²) in [6.07, 6.45) is 3.98. The Labute approximate surface area is 219 Å². The third-order valence-electron chi connectivity index (χ3n) is 6.58. The number of amides is 1. The molecule has 1 fully saturated rings. The summed E-state index contributed by atoms with van der Waals surface area (Å²) in [6.45, 7) is 13.9. The number of hydrogen-bond acceptors (Lipinski definition) is 7. The highest BCUT2D eigenvalue weighted by Gasteiger charge is 2.46. The summed E-state index contributed by atoms with van der Waals surface area (Å²) in [5.41, 5.74) is 1.17. The molecule has 1 saturated heterocycles. The maximum Gasteiger partial charge on any atom is 0.295 e. The molecule has 37 heavy (non-hydrogen) atoms. The van der Waals surface area contributed by atoms with Gasteiger partial charge in [-0.1, -0.05) is 33.8 Å². The summed E-state index contributed by atoms with van der Waals surface area (Å²) >= 11 is 0. The number of likely N-dealkylation sites (N-methyl/N-ethyl adjacent to an activating group) is 1. The van der Waals surface area contributed by atoms with Crippen LogP contribution >= 0.6 is 0 Å². The van der Waals surface area contributed by atoms with Crippen molar-refractivity contribution in [1.82, 2.24) is 14.8 Å². The molecule has 0 saturated carbocycles. The van der Waals surface area contributed by atoms with Gasteiger partial charge in [-0.05, 0) is 62.2 Å². The van der Waals surface area contributed by atoms with Crippen LogP contribution < -0.4 is 9.47 Å². The fourth-order valence-electron chi connectivity index (χ4n) is 4.40. The van der Waals surface area contributed by atoms with Gasteiger partial charge < -0.3 is 24.4 Å². The van der Waals surface area contributed by atoms with E-state index in [9.17, 15) is 14.7 Å². The number of ether oxygens (including phenoxy) is 2. The van der Waals surface area contributed by atoms with E-state index in [0.29, 0.717) is 54.8 Å². The van der Waals surface area contributed by atoms with E-state index in [1.165, 1.54) is 12.4 Å². The minimum absolute atomic E-state index is 0.0617. The number of aromatic nitrogens is 1. The molecule has 8 nitrogen and oxygen atoms in total. The molecule has 1 aliphatic heterocycles. The maximum atomic E-state index is 13.3.